The summed E-state index contributed by atoms with van der Waals surface area (Å²) in [7, 11) is 0. The number of benzene rings is 2. The Labute approximate surface area is 127 Å². The molecule has 2 aromatic rings. The van der Waals surface area contributed by atoms with Crippen LogP contribution in [0.5, 0.6) is 0 Å². The van der Waals surface area contributed by atoms with Crippen molar-refractivity contribution in [2.24, 2.45) is 0 Å². The average molecular weight is 316 g/mol. The highest BCUT2D eigenvalue weighted by Crippen LogP contribution is 2.23. The molecule has 0 heterocycles. The molecule has 0 aliphatic heterocycles. The predicted octanol–water partition coefficient (Wildman–Crippen LogP) is 4.79. The molecule has 19 heavy (non-hydrogen) atoms. The topological polar surface area (TPSA) is 20.2 Å². The summed E-state index contributed by atoms with van der Waals surface area (Å²) in [5.41, 5.74) is 2.02. The molecule has 1 nitrogen and oxygen atoms in total. The monoisotopic (exact) mass is 314 g/mol. The number of hydrogen-bond acceptors (Lipinski definition) is 1. The zero-order chi connectivity index (χ0) is 13.8. The lowest BCUT2D eigenvalue weighted by molar-refractivity contribution is 0.175. The molecule has 2 rings (SSSR count). The van der Waals surface area contributed by atoms with Crippen molar-refractivity contribution in [3.8, 4) is 0 Å². The van der Waals surface area contributed by atoms with Crippen molar-refractivity contribution >= 4 is 34.8 Å². The molecule has 0 saturated heterocycles. The number of hydrogen-bond donors (Lipinski definition) is 1. The zero-order valence-corrected chi connectivity index (χ0v) is 12.4. The first-order valence-electron chi connectivity index (χ1n) is 5.91. The summed E-state index contributed by atoms with van der Waals surface area (Å²) in [5.74, 6) is 0. The van der Waals surface area contributed by atoms with Gasteiger partial charge >= 0.3 is 0 Å². The molecule has 0 bridgehead atoms. The van der Waals surface area contributed by atoms with Crippen LogP contribution in [0.4, 0.5) is 0 Å². The molecule has 0 saturated carbocycles. The van der Waals surface area contributed by atoms with Gasteiger partial charge in [-0.2, -0.15) is 0 Å². The summed E-state index contributed by atoms with van der Waals surface area (Å²) < 4.78 is 0. The Morgan fingerprint density at radius 1 is 0.789 bits per heavy atom. The van der Waals surface area contributed by atoms with E-state index >= 15 is 0 Å². The predicted molar refractivity (Wildman–Crippen MR) is 81.3 cm³/mol. The highest BCUT2D eigenvalue weighted by atomic mass is 35.5. The number of aliphatic hydroxyl groups is 1. The number of rotatable bonds is 4. The van der Waals surface area contributed by atoms with Gasteiger partial charge < -0.3 is 5.11 Å². The Balaban J connectivity index is 1.98. The Morgan fingerprint density at radius 3 is 2.00 bits per heavy atom. The molecule has 0 aliphatic rings. The normalized spacial score (nSPS) is 12.4. The maximum Gasteiger partial charge on any atom is 0.0620 e. The molecule has 1 N–H and O–H groups in total. The van der Waals surface area contributed by atoms with E-state index in [0.717, 1.165) is 11.1 Å². The molecule has 0 fully saturated rings. The molecule has 100 valence electrons. The first-order valence-corrected chi connectivity index (χ1v) is 7.04. The minimum Gasteiger partial charge on any atom is -0.392 e. The van der Waals surface area contributed by atoms with Gasteiger partial charge in [0.05, 0.1) is 16.1 Å². The van der Waals surface area contributed by atoms with E-state index in [4.69, 9.17) is 34.8 Å². The van der Waals surface area contributed by atoms with E-state index in [-0.39, 0.29) is 0 Å². The van der Waals surface area contributed by atoms with E-state index < -0.39 is 6.10 Å². The lowest BCUT2D eigenvalue weighted by atomic mass is 10.0. The van der Waals surface area contributed by atoms with Crippen LogP contribution >= 0.6 is 34.8 Å². The highest BCUT2D eigenvalue weighted by molar-refractivity contribution is 6.42. The van der Waals surface area contributed by atoms with Gasteiger partial charge in [0.25, 0.3) is 0 Å². The Morgan fingerprint density at radius 2 is 1.37 bits per heavy atom. The minimum absolute atomic E-state index is 0.460. The smallest absolute Gasteiger partial charge is 0.0620 e. The number of aliphatic hydroxyl groups excluding tert-OH is 1. The number of halogens is 3. The summed E-state index contributed by atoms with van der Waals surface area (Å²) in [6.07, 6.45) is 0.662. The Bertz CT molecular complexity index is 552. The molecule has 0 radical (unpaired) electrons. The van der Waals surface area contributed by atoms with Crippen molar-refractivity contribution in [2.45, 2.75) is 18.9 Å². The summed E-state index contributed by atoms with van der Waals surface area (Å²) in [4.78, 5) is 0. The van der Waals surface area contributed by atoms with Crippen molar-refractivity contribution in [2.75, 3.05) is 0 Å². The molecule has 0 aromatic heterocycles. The van der Waals surface area contributed by atoms with E-state index in [0.29, 0.717) is 27.9 Å². The van der Waals surface area contributed by atoms with E-state index in [1.54, 1.807) is 12.1 Å². The average Bonchev–Trinajstić information content (AvgIpc) is 2.37. The van der Waals surface area contributed by atoms with Crippen molar-refractivity contribution < 1.29 is 5.11 Å². The van der Waals surface area contributed by atoms with Gasteiger partial charge in [0, 0.05) is 5.02 Å². The molecular formula is C15H13Cl3O. The summed E-state index contributed by atoms with van der Waals surface area (Å²) >= 11 is 17.6. The second-order valence-corrected chi connectivity index (χ2v) is 5.69. The molecule has 1 unspecified atom stereocenters. The molecule has 0 spiro atoms. The van der Waals surface area contributed by atoms with Gasteiger partial charge in [-0.15, -0.1) is 0 Å². The molecular weight excluding hydrogens is 303 g/mol. The second-order valence-electron chi connectivity index (χ2n) is 4.44. The van der Waals surface area contributed by atoms with Crippen LogP contribution in [0.25, 0.3) is 0 Å². The third-order valence-electron chi connectivity index (χ3n) is 2.84. The molecule has 2 aromatic carbocycles. The maximum absolute atomic E-state index is 10.1. The van der Waals surface area contributed by atoms with Crippen LogP contribution in [-0.4, -0.2) is 11.2 Å². The van der Waals surface area contributed by atoms with Crippen molar-refractivity contribution in [1.29, 1.82) is 0 Å². The van der Waals surface area contributed by atoms with E-state index in [9.17, 15) is 5.11 Å². The Kier molecular flexibility index (Phi) is 5.12. The summed E-state index contributed by atoms with van der Waals surface area (Å²) in [6.45, 7) is 0. The van der Waals surface area contributed by atoms with Crippen molar-refractivity contribution in [3.05, 3.63) is 68.7 Å². The van der Waals surface area contributed by atoms with Crippen molar-refractivity contribution in [3.63, 3.8) is 0 Å². The van der Waals surface area contributed by atoms with E-state index in [1.807, 2.05) is 30.3 Å². The van der Waals surface area contributed by atoms with Gasteiger partial charge in [0.2, 0.25) is 0 Å². The maximum atomic E-state index is 10.1. The first-order chi connectivity index (χ1) is 9.04. The standard InChI is InChI=1S/C15H13Cl3O/c16-12-4-1-10(2-5-12)7-13(19)8-11-3-6-14(17)15(18)9-11/h1-6,9,13,19H,7-8H2. The summed E-state index contributed by atoms with van der Waals surface area (Å²) in [5, 5.41) is 11.8. The van der Waals surface area contributed by atoms with Gasteiger partial charge in [-0.05, 0) is 48.2 Å². The molecule has 0 amide bonds. The van der Waals surface area contributed by atoms with Crippen LogP contribution in [-0.2, 0) is 12.8 Å². The third kappa shape index (κ3) is 4.39. The molecule has 0 aliphatic carbocycles. The minimum atomic E-state index is -0.460. The highest BCUT2D eigenvalue weighted by Gasteiger charge is 2.08. The Hall–Kier alpha value is -0.730. The summed E-state index contributed by atoms with van der Waals surface area (Å²) in [6, 6.07) is 12.9. The molecule has 1 atom stereocenters. The fourth-order valence-electron chi connectivity index (χ4n) is 1.90. The fourth-order valence-corrected chi connectivity index (χ4v) is 2.35. The van der Waals surface area contributed by atoms with Gasteiger partial charge in [-0.1, -0.05) is 53.0 Å². The van der Waals surface area contributed by atoms with Gasteiger partial charge in [-0.25, -0.2) is 0 Å². The lowest BCUT2D eigenvalue weighted by Gasteiger charge is -2.11. The molecule has 4 heteroatoms. The van der Waals surface area contributed by atoms with Crippen LogP contribution in [0, 0.1) is 0 Å². The van der Waals surface area contributed by atoms with Gasteiger partial charge in [0.15, 0.2) is 0 Å². The first kappa shape index (κ1) is 14.7. The SMILES string of the molecule is OC(Cc1ccc(Cl)cc1)Cc1ccc(Cl)c(Cl)c1. The van der Waals surface area contributed by atoms with Crippen LogP contribution < -0.4 is 0 Å². The van der Waals surface area contributed by atoms with E-state index in [2.05, 4.69) is 0 Å². The van der Waals surface area contributed by atoms with Crippen LogP contribution in [0.15, 0.2) is 42.5 Å². The van der Waals surface area contributed by atoms with Crippen molar-refractivity contribution in [1.82, 2.24) is 0 Å². The quantitative estimate of drug-likeness (QED) is 0.860. The van der Waals surface area contributed by atoms with E-state index in [1.165, 1.54) is 0 Å². The van der Waals surface area contributed by atoms with Crippen LogP contribution in [0.3, 0.4) is 0 Å². The lowest BCUT2D eigenvalue weighted by Crippen LogP contribution is -2.13. The fraction of sp³-hybridized carbons (Fsp3) is 0.200. The van der Waals surface area contributed by atoms with Crippen LogP contribution in [0.2, 0.25) is 15.1 Å². The van der Waals surface area contributed by atoms with Gasteiger partial charge in [-0.3, -0.25) is 0 Å². The van der Waals surface area contributed by atoms with Gasteiger partial charge in [0.1, 0.15) is 0 Å². The third-order valence-corrected chi connectivity index (χ3v) is 3.83. The largest absolute Gasteiger partial charge is 0.392 e. The second kappa shape index (κ2) is 6.62. The zero-order valence-electron chi connectivity index (χ0n) is 10.1. The van der Waals surface area contributed by atoms with Crippen LogP contribution in [0.1, 0.15) is 11.1 Å².